The highest BCUT2D eigenvalue weighted by Crippen LogP contribution is 2.30. The van der Waals surface area contributed by atoms with Gasteiger partial charge >= 0.3 is 0 Å². The Morgan fingerprint density at radius 3 is 2.96 bits per heavy atom. The molecule has 1 aliphatic heterocycles. The summed E-state index contributed by atoms with van der Waals surface area (Å²) in [7, 11) is 0. The van der Waals surface area contributed by atoms with Crippen molar-refractivity contribution in [3.8, 4) is 0 Å². The van der Waals surface area contributed by atoms with E-state index in [1.165, 1.54) is 6.20 Å². The molecule has 1 aromatic heterocycles. The Bertz CT molecular complexity index is 858. The van der Waals surface area contributed by atoms with E-state index in [0.29, 0.717) is 24.7 Å². The minimum atomic E-state index is -0.786. The molecule has 2 aromatic rings. The Balaban J connectivity index is 1.85. The number of aliphatic imine (C=N–C) groups is 1. The average molecular weight is 363 g/mol. The lowest BCUT2D eigenvalue weighted by atomic mass is 9.92. The molecule has 1 amide bonds. The van der Waals surface area contributed by atoms with Crippen molar-refractivity contribution in [1.82, 2.24) is 4.98 Å². The van der Waals surface area contributed by atoms with Crippen LogP contribution < -0.4 is 11.1 Å². The molecule has 2 heterocycles. The van der Waals surface area contributed by atoms with Gasteiger partial charge in [0.25, 0.3) is 5.91 Å². The molecule has 0 saturated carbocycles. The van der Waals surface area contributed by atoms with Crippen LogP contribution in [0.25, 0.3) is 0 Å². The van der Waals surface area contributed by atoms with Gasteiger partial charge in [0.15, 0.2) is 11.5 Å². The van der Waals surface area contributed by atoms with Gasteiger partial charge < -0.3 is 15.8 Å². The first-order chi connectivity index (χ1) is 11.9. The van der Waals surface area contributed by atoms with Gasteiger partial charge in [-0.25, -0.2) is 9.37 Å². The van der Waals surface area contributed by atoms with Gasteiger partial charge in [0.2, 0.25) is 0 Å². The van der Waals surface area contributed by atoms with E-state index in [4.69, 9.17) is 22.1 Å². The number of aromatic nitrogens is 1. The third-order valence-corrected chi connectivity index (χ3v) is 4.00. The van der Waals surface area contributed by atoms with Gasteiger partial charge in [0.05, 0.1) is 11.6 Å². The van der Waals surface area contributed by atoms with Crippen LogP contribution in [0.15, 0.2) is 41.5 Å². The molecule has 0 fully saturated rings. The molecule has 6 nitrogen and oxygen atoms in total. The predicted octanol–water partition coefficient (Wildman–Crippen LogP) is 2.73. The van der Waals surface area contributed by atoms with Crippen LogP contribution in [0.4, 0.5) is 10.1 Å². The lowest BCUT2D eigenvalue weighted by molar-refractivity contribution is 0.101. The molecule has 130 valence electrons. The van der Waals surface area contributed by atoms with Crippen LogP contribution >= 0.6 is 11.6 Å². The summed E-state index contributed by atoms with van der Waals surface area (Å²) in [5.41, 5.74) is 6.09. The SMILES string of the molecule is CC1(c2cccc(NC(=O)c3ncc(Cl)cc3F)c2)COCC(N)=N1. The Morgan fingerprint density at radius 2 is 2.24 bits per heavy atom. The summed E-state index contributed by atoms with van der Waals surface area (Å²) >= 11 is 5.65. The fourth-order valence-corrected chi connectivity index (χ4v) is 2.73. The number of nitrogens with one attached hydrogen (secondary N) is 1. The number of carbonyl (C=O) groups is 1. The molecule has 3 rings (SSSR count). The highest BCUT2D eigenvalue weighted by atomic mass is 35.5. The van der Waals surface area contributed by atoms with Crippen molar-refractivity contribution < 1.29 is 13.9 Å². The first-order valence-electron chi connectivity index (χ1n) is 7.52. The predicted molar refractivity (Wildman–Crippen MR) is 93.4 cm³/mol. The Hall–Kier alpha value is -2.51. The minimum Gasteiger partial charge on any atom is -0.386 e. The third kappa shape index (κ3) is 3.78. The normalized spacial score (nSPS) is 20.0. The lowest BCUT2D eigenvalue weighted by Gasteiger charge is -2.30. The topological polar surface area (TPSA) is 89.6 Å². The number of ether oxygens (including phenoxy) is 1. The molecule has 25 heavy (non-hydrogen) atoms. The summed E-state index contributed by atoms with van der Waals surface area (Å²) in [6.45, 7) is 2.56. The summed E-state index contributed by atoms with van der Waals surface area (Å²) in [4.78, 5) is 20.4. The zero-order valence-electron chi connectivity index (χ0n) is 13.4. The molecule has 0 bridgehead atoms. The molecule has 0 saturated heterocycles. The Kier molecular flexibility index (Phi) is 4.69. The molecular formula is C17H16ClFN4O2. The van der Waals surface area contributed by atoms with E-state index in [1.54, 1.807) is 18.2 Å². The quantitative estimate of drug-likeness (QED) is 0.878. The van der Waals surface area contributed by atoms with Crippen molar-refractivity contribution in [2.75, 3.05) is 18.5 Å². The van der Waals surface area contributed by atoms with E-state index < -0.39 is 17.3 Å². The maximum Gasteiger partial charge on any atom is 0.277 e. The number of amidine groups is 1. The second-order valence-corrected chi connectivity index (χ2v) is 6.33. The fraction of sp³-hybridized carbons (Fsp3) is 0.235. The van der Waals surface area contributed by atoms with Crippen molar-refractivity contribution in [2.45, 2.75) is 12.5 Å². The summed E-state index contributed by atoms with van der Waals surface area (Å²) in [6.07, 6.45) is 1.22. The highest BCUT2D eigenvalue weighted by molar-refractivity contribution is 6.30. The summed E-state index contributed by atoms with van der Waals surface area (Å²) in [5.74, 6) is -1.04. The Labute approximate surface area is 148 Å². The van der Waals surface area contributed by atoms with E-state index >= 15 is 0 Å². The van der Waals surface area contributed by atoms with E-state index in [9.17, 15) is 9.18 Å². The number of pyridine rings is 1. The average Bonchev–Trinajstić information content (AvgIpc) is 2.54. The summed E-state index contributed by atoms with van der Waals surface area (Å²) < 4.78 is 19.3. The van der Waals surface area contributed by atoms with Crippen molar-refractivity contribution in [3.63, 3.8) is 0 Å². The molecule has 8 heteroatoms. The summed E-state index contributed by atoms with van der Waals surface area (Å²) in [5, 5.41) is 2.74. The van der Waals surface area contributed by atoms with Gasteiger partial charge in [-0.05, 0) is 30.7 Å². The van der Waals surface area contributed by atoms with Crippen LogP contribution in [0.1, 0.15) is 23.0 Å². The fourth-order valence-electron chi connectivity index (χ4n) is 2.59. The number of anilines is 1. The molecule has 3 N–H and O–H groups in total. The van der Waals surface area contributed by atoms with Gasteiger partial charge in [-0.15, -0.1) is 0 Å². The first-order valence-corrected chi connectivity index (χ1v) is 7.90. The molecule has 0 spiro atoms. The largest absolute Gasteiger partial charge is 0.386 e. The Morgan fingerprint density at radius 1 is 1.44 bits per heavy atom. The zero-order chi connectivity index (χ0) is 18.0. The number of halogens is 2. The van der Waals surface area contributed by atoms with Gasteiger partial charge in [-0.3, -0.25) is 9.79 Å². The summed E-state index contributed by atoms with van der Waals surface area (Å²) in [6, 6.07) is 8.11. The molecule has 1 aliphatic rings. The van der Waals surface area contributed by atoms with Crippen molar-refractivity contribution in [2.24, 2.45) is 10.7 Å². The van der Waals surface area contributed by atoms with Crippen molar-refractivity contribution >= 4 is 29.0 Å². The third-order valence-electron chi connectivity index (χ3n) is 3.79. The molecular weight excluding hydrogens is 347 g/mol. The number of nitrogens with two attached hydrogens (primary N) is 1. The van der Waals surface area contributed by atoms with E-state index in [0.717, 1.165) is 11.6 Å². The maximum absolute atomic E-state index is 13.8. The first kappa shape index (κ1) is 17.3. The number of nitrogens with zero attached hydrogens (tertiary/aromatic N) is 2. The monoisotopic (exact) mass is 362 g/mol. The molecule has 1 aromatic carbocycles. The van der Waals surface area contributed by atoms with Gasteiger partial charge in [0, 0.05) is 11.9 Å². The van der Waals surface area contributed by atoms with Gasteiger partial charge in [0.1, 0.15) is 18.0 Å². The number of carbonyl (C=O) groups excluding carboxylic acids is 1. The standard InChI is InChI=1S/C17H16ClFN4O2/c1-17(9-25-8-14(20)23-17)10-3-2-4-12(5-10)22-16(24)15-13(19)6-11(18)7-21-15/h2-7H,8-9H2,1H3,(H2,20,23)(H,22,24). The molecule has 0 aliphatic carbocycles. The van der Waals surface area contributed by atoms with Crippen LogP contribution in [0, 0.1) is 5.82 Å². The van der Waals surface area contributed by atoms with Crippen LogP contribution in [0.5, 0.6) is 0 Å². The van der Waals surface area contributed by atoms with Crippen LogP contribution in [0.3, 0.4) is 0 Å². The van der Waals surface area contributed by atoms with Crippen LogP contribution in [-0.2, 0) is 10.3 Å². The number of amides is 1. The second kappa shape index (κ2) is 6.78. The lowest BCUT2D eigenvalue weighted by Crippen LogP contribution is -2.37. The van der Waals surface area contributed by atoms with Crippen molar-refractivity contribution in [1.29, 1.82) is 0 Å². The maximum atomic E-state index is 13.8. The number of rotatable bonds is 3. The molecule has 1 unspecified atom stereocenters. The second-order valence-electron chi connectivity index (χ2n) is 5.89. The molecule has 0 radical (unpaired) electrons. The number of hydrogen-bond acceptors (Lipinski definition) is 5. The van der Waals surface area contributed by atoms with Crippen molar-refractivity contribution in [3.05, 3.63) is 58.6 Å². The minimum absolute atomic E-state index is 0.122. The van der Waals surface area contributed by atoms with E-state index in [1.807, 2.05) is 13.0 Å². The zero-order valence-corrected chi connectivity index (χ0v) is 14.2. The number of hydrogen-bond donors (Lipinski definition) is 2. The van der Waals surface area contributed by atoms with Crippen LogP contribution in [-0.4, -0.2) is 29.9 Å². The molecule has 1 atom stereocenters. The highest BCUT2D eigenvalue weighted by Gasteiger charge is 2.30. The van der Waals surface area contributed by atoms with E-state index in [-0.39, 0.29) is 10.7 Å². The van der Waals surface area contributed by atoms with Gasteiger partial charge in [-0.1, -0.05) is 23.7 Å². The number of benzene rings is 1. The smallest absolute Gasteiger partial charge is 0.277 e. The van der Waals surface area contributed by atoms with Gasteiger partial charge in [-0.2, -0.15) is 0 Å². The van der Waals surface area contributed by atoms with Crippen LogP contribution in [0.2, 0.25) is 5.02 Å². The van der Waals surface area contributed by atoms with E-state index in [2.05, 4.69) is 15.3 Å².